The van der Waals surface area contributed by atoms with Crippen LogP contribution in [0, 0.1) is 11.3 Å². The summed E-state index contributed by atoms with van der Waals surface area (Å²) in [6, 6.07) is 0. The SMILES string of the molecule is CCCCOCC1CC(OC(=N)C(Cl)(Cl)Cl)C(OC(C)=O)C(OCCCC)C1OCCCC. The van der Waals surface area contributed by atoms with Crippen molar-refractivity contribution in [1.29, 1.82) is 5.41 Å². The molecular weight excluding hydrogens is 493 g/mol. The van der Waals surface area contributed by atoms with Crippen LogP contribution in [0.1, 0.15) is 72.6 Å². The molecule has 0 heterocycles. The number of hydrogen-bond acceptors (Lipinski definition) is 7. The number of carbonyl (C=O) groups is 1. The molecule has 0 amide bonds. The molecule has 0 radical (unpaired) electrons. The summed E-state index contributed by atoms with van der Waals surface area (Å²) < 4.78 is 27.8. The Bertz CT molecular complexity index is 575. The Morgan fingerprint density at radius 1 is 0.879 bits per heavy atom. The van der Waals surface area contributed by atoms with Crippen LogP contribution in [0.4, 0.5) is 0 Å². The first kappa shape index (κ1) is 30.7. The Labute approximate surface area is 213 Å². The van der Waals surface area contributed by atoms with Crippen LogP contribution in [-0.4, -0.2) is 66.5 Å². The molecule has 33 heavy (non-hydrogen) atoms. The van der Waals surface area contributed by atoms with Crippen LogP contribution in [0.5, 0.6) is 0 Å². The van der Waals surface area contributed by atoms with E-state index in [0.717, 1.165) is 38.5 Å². The van der Waals surface area contributed by atoms with Crippen molar-refractivity contribution < 1.29 is 28.5 Å². The van der Waals surface area contributed by atoms with E-state index in [2.05, 4.69) is 20.8 Å². The molecule has 0 saturated heterocycles. The number of ether oxygens (including phenoxy) is 5. The second-order valence-corrected chi connectivity index (χ2v) is 10.6. The van der Waals surface area contributed by atoms with Gasteiger partial charge in [-0.2, -0.15) is 0 Å². The van der Waals surface area contributed by atoms with Crippen LogP contribution >= 0.6 is 34.8 Å². The number of unbranched alkanes of at least 4 members (excludes halogenated alkanes) is 3. The number of carbonyl (C=O) groups excluding carboxylic acids is 1. The Hall–Kier alpha value is -0.310. The van der Waals surface area contributed by atoms with Crippen molar-refractivity contribution >= 4 is 46.7 Å². The van der Waals surface area contributed by atoms with Gasteiger partial charge in [-0.25, -0.2) is 0 Å². The van der Waals surface area contributed by atoms with Gasteiger partial charge in [0.2, 0.25) is 5.90 Å². The van der Waals surface area contributed by atoms with Gasteiger partial charge in [0.25, 0.3) is 3.79 Å². The number of hydrogen-bond donors (Lipinski definition) is 1. The molecule has 10 heteroatoms. The molecule has 0 bridgehead atoms. The predicted octanol–water partition coefficient (Wildman–Crippen LogP) is 5.86. The van der Waals surface area contributed by atoms with Gasteiger partial charge in [0.1, 0.15) is 12.2 Å². The van der Waals surface area contributed by atoms with Gasteiger partial charge in [0.05, 0.1) is 12.7 Å². The average molecular weight is 533 g/mol. The summed E-state index contributed by atoms with van der Waals surface area (Å²) >= 11 is 17.6. The molecule has 0 aromatic rings. The molecular formula is C23H40Cl3NO6. The van der Waals surface area contributed by atoms with E-state index in [1.165, 1.54) is 6.92 Å². The standard InChI is InChI=1S/C23H40Cl3NO6/c1-5-8-11-29-15-17-14-18(33-22(27)23(24,25)26)20(32-16(4)28)21(31-13-10-7-3)19(17)30-12-9-6-2/h17-21,27H,5-15H2,1-4H3. The zero-order valence-corrected chi connectivity index (χ0v) is 22.5. The van der Waals surface area contributed by atoms with Crippen LogP contribution in [0.2, 0.25) is 0 Å². The third kappa shape index (κ3) is 11.3. The quantitative estimate of drug-likeness (QED) is 0.0935. The van der Waals surface area contributed by atoms with E-state index in [0.29, 0.717) is 32.8 Å². The van der Waals surface area contributed by atoms with Crippen LogP contribution < -0.4 is 0 Å². The highest BCUT2D eigenvalue weighted by Crippen LogP contribution is 2.37. The number of rotatable bonds is 15. The van der Waals surface area contributed by atoms with Crippen molar-refractivity contribution in [1.82, 2.24) is 0 Å². The minimum Gasteiger partial charge on any atom is -0.471 e. The molecule has 0 aliphatic heterocycles. The van der Waals surface area contributed by atoms with E-state index in [1.807, 2.05) is 0 Å². The zero-order chi connectivity index (χ0) is 24.9. The molecule has 1 fully saturated rings. The lowest BCUT2D eigenvalue weighted by molar-refractivity contribution is -0.214. The summed E-state index contributed by atoms with van der Waals surface area (Å²) in [6.45, 7) is 9.70. The summed E-state index contributed by atoms with van der Waals surface area (Å²) in [6.07, 6.45) is 3.57. The Kier molecular flexibility index (Phi) is 15.2. The number of nitrogens with one attached hydrogen (secondary N) is 1. The topological polar surface area (TPSA) is 87.1 Å². The normalized spacial score (nSPS) is 25.6. The van der Waals surface area contributed by atoms with Gasteiger partial charge >= 0.3 is 5.97 Å². The molecule has 1 N–H and O–H groups in total. The zero-order valence-electron chi connectivity index (χ0n) is 20.2. The van der Waals surface area contributed by atoms with E-state index in [-0.39, 0.29) is 12.0 Å². The molecule has 7 nitrogen and oxygen atoms in total. The summed E-state index contributed by atoms with van der Waals surface area (Å²) in [4.78, 5) is 12.0. The second-order valence-electron chi connectivity index (χ2n) is 8.36. The van der Waals surface area contributed by atoms with Gasteiger partial charge in [-0.3, -0.25) is 10.2 Å². The monoisotopic (exact) mass is 531 g/mol. The fourth-order valence-corrected chi connectivity index (χ4v) is 3.83. The number of alkyl halides is 3. The third-order valence-electron chi connectivity index (χ3n) is 5.43. The predicted molar refractivity (Wildman–Crippen MR) is 132 cm³/mol. The van der Waals surface area contributed by atoms with Crippen LogP contribution in [0.15, 0.2) is 0 Å². The van der Waals surface area contributed by atoms with Crippen LogP contribution in [0.25, 0.3) is 0 Å². The lowest BCUT2D eigenvalue weighted by Gasteiger charge is -2.45. The van der Waals surface area contributed by atoms with Crippen molar-refractivity contribution in [2.75, 3.05) is 26.4 Å². The van der Waals surface area contributed by atoms with Gasteiger partial charge in [0.15, 0.2) is 6.10 Å². The summed E-state index contributed by atoms with van der Waals surface area (Å²) in [5, 5.41) is 8.07. The first-order chi connectivity index (χ1) is 15.6. The lowest BCUT2D eigenvalue weighted by atomic mass is 9.80. The van der Waals surface area contributed by atoms with Crippen LogP contribution in [-0.2, 0) is 28.5 Å². The minimum absolute atomic E-state index is 0.106. The third-order valence-corrected chi connectivity index (χ3v) is 5.95. The van der Waals surface area contributed by atoms with Gasteiger partial charge in [-0.15, -0.1) is 0 Å². The summed E-state index contributed by atoms with van der Waals surface area (Å²) in [5.74, 6) is -1.12. The number of halogens is 3. The Morgan fingerprint density at radius 3 is 1.94 bits per heavy atom. The van der Waals surface area contributed by atoms with Crippen molar-refractivity contribution in [3.8, 4) is 0 Å². The van der Waals surface area contributed by atoms with E-state index >= 15 is 0 Å². The molecule has 5 atom stereocenters. The molecule has 1 aliphatic rings. The first-order valence-electron chi connectivity index (χ1n) is 12.0. The molecule has 5 unspecified atom stereocenters. The summed E-state index contributed by atoms with van der Waals surface area (Å²) in [7, 11) is 0. The Balaban J connectivity index is 3.22. The summed E-state index contributed by atoms with van der Waals surface area (Å²) in [5.41, 5.74) is 0. The second kappa shape index (κ2) is 16.4. The van der Waals surface area contributed by atoms with E-state index in [4.69, 9.17) is 63.9 Å². The smallest absolute Gasteiger partial charge is 0.303 e. The molecule has 0 spiro atoms. The highest BCUT2D eigenvalue weighted by Gasteiger charge is 2.50. The molecule has 1 saturated carbocycles. The van der Waals surface area contributed by atoms with Crippen molar-refractivity contribution in [2.45, 2.75) is 101 Å². The maximum Gasteiger partial charge on any atom is 0.303 e. The van der Waals surface area contributed by atoms with Gasteiger partial charge in [-0.05, 0) is 25.7 Å². The highest BCUT2D eigenvalue weighted by atomic mass is 35.6. The molecule has 0 aromatic heterocycles. The van der Waals surface area contributed by atoms with Gasteiger partial charge in [-0.1, -0.05) is 74.8 Å². The molecule has 1 aliphatic carbocycles. The molecule has 194 valence electrons. The molecule has 0 aromatic carbocycles. The van der Waals surface area contributed by atoms with E-state index < -0.39 is 34.0 Å². The maximum atomic E-state index is 12.0. The van der Waals surface area contributed by atoms with E-state index in [9.17, 15) is 4.79 Å². The van der Waals surface area contributed by atoms with Crippen molar-refractivity contribution in [2.24, 2.45) is 5.92 Å². The van der Waals surface area contributed by atoms with Gasteiger partial charge in [0, 0.05) is 32.7 Å². The fourth-order valence-electron chi connectivity index (χ4n) is 3.69. The largest absolute Gasteiger partial charge is 0.471 e. The van der Waals surface area contributed by atoms with Crippen LogP contribution in [0.3, 0.4) is 0 Å². The average Bonchev–Trinajstić information content (AvgIpc) is 2.74. The molecule has 1 rings (SSSR count). The first-order valence-corrected chi connectivity index (χ1v) is 13.1. The van der Waals surface area contributed by atoms with Crippen molar-refractivity contribution in [3.63, 3.8) is 0 Å². The minimum atomic E-state index is -2.03. The number of esters is 1. The Morgan fingerprint density at radius 2 is 1.42 bits per heavy atom. The van der Waals surface area contributed by atoms with E-state index in [1.54, 1.807) is 0 Å². The highest BCUT2D eigenvalue weighted by molar-refractivity contribution is 6.76. The fraction of sp³-hybridized carbons (Fsp3) is 0.913. The van der Waals surface area contributed by atoms with Gasteiger partial charge < -0.3 is 23.7 Å². The van der Waals surface area contributed by atoms with Crippen molar-refractivity contribution in [3.05, 3.63) is 0 Å². The maximum absolute atomic E-state index is 12.0. The lowest BCUT2D eigenvalue weighted by Crippen LogP contribution is -2.59.